The number of aryl methyl sites for hydroxylation is 1. The highest BCUT2D eigenvalue weighted by molar-refractivity contribution is 5.79. The lowest BCUT2D eigenvalue weighted by atomic mass is 10.1. The fourth-order valence-corrected chi connectivity index (χ4v) is 3.20. The van der Waals surface area contributed by atoms with E-state index in [4.69, 9.17) is 10.2 Å². The SMILES string of the molecule is N#Cc1ccnc(C#Cc2ccc3c(=O)n4c(nc3c2)CCCCC4)c1. The Morgan fingerprint density at radius 3 is 2.85 bits per heavy atom. The summed E-state index contributed by atoms with van der Waals surface area (Å²) < 4.78 is 1.82. The molecule has 0 radical (unpaired) electrons. The molecule has 126 valence electrons. The number of hydrogen-bond acceptors (Lipinski definition) is 4. The molecule has 26 heavy (non-hydrogen) atoms. The number of benzene rings is 1. The summed E-state index contributed by atoms with van der Waals surface area (Å²) >= 11 is 0. The maximum Gasteiger partial charge on any atom is 0.261 e. The number of aromatic nitrogens is 3. The summed E-state index contributed by atoms with van der Waals surface area (Å²) in [7, 11) is 0. The molecule has 0 atom stereocenters. The first kappa shape index (κ1) is 16.1. The predicted molar refractivity (Wildman–Crippen MR) is 98.5 cm³/mol. The molecule has 1 aliphatic rings. The molecular formula is C21H16N4O. The van der Waals surface area contributed by atoms with E-state index in [9.17, 15) is 4.79 Å². The summed E-state index contributed by atoms with van der Waals surface area (Å²) in [6.07, 6.45) is 5.63. The van der Waals surface area contributed by atoms with Crippen molar-refractivity contribution in [2.45, 2.75) is 32.2 Å². The number of rotatable bonds is 0. The Morgan fingerprint density at radius 2 is 1.96 bits per heavy atom. The van der Waals surface area contributed by atoms with E-state index in [0.717, 1.165) is 43.6 Å². The second-order valence-corrected chi connectivity index (χ2v) is 6.32. The third-order valence-electron chi connectivity index (χ3n) is 4.54. The number of nitrogens with zero attached hydrogens (tertiary/aromatic N) is 4. The van der Waals surface area contributed by atoms with Gasteiger partial charge in [0.1, 0.15) is 11.5 Å². The average molecular weight is 340 g/mol. The molecule has 1 aliphatic heterocycles. The van der Waals surface area contributed by atoms with E-state index in [1.54, 1.807) is 24.4 Å². The van der Waals surface area contributed by atoms with Crippen LogP contribution in [-0.4, -0.2) is 14.5 Å². The van der Waals surface area contributed by atoms with Crippen LogP contribution in [0.1, 0.15) is 41.9 Å². The molecule has 0 spiro atoms. The van der Waals surface area contributed by atoms with Crippen LogP contribution in [0.4, 0.5) is 0 Å². The van der Waals surface area contributed by atoms with Gasteiger partial charge in [-0.2, -0.15) is 5.26 Å². The summed E-state index contributed by atoms with van der Waals surface area (Å²) in [4.78, 5) is 21.6. The molecule has 3 aromatic rings. The second-order valence-electron chi connectivity index (χ2n) is 6.32. The van der Waals surface area contributed by atoms with Gasteiger partial charge in [0.15, 0.2) is 0 Å². The Kier molecular flexibility index (Phi) is 4.21. The summed E-state index contributed by atoms with van der Waals surface area (Å²) in [5.74, 6) is 6.88. The Hall–Kier alpha value is -3.44. The van der Waals surface area contributed by atoms with E-state index in [2.05, 4.69) is 22.9 Å². The van der Waals surface area contributed by atoms with Crippen LogP contribution in [0, 0.1) is 23.2 Å². The lowest BCUT2D eigenvalue weighted by Gasteiger charge is -2.10. The first-order valence-corrected chi connectivity index (χ1v) is 8.66. The summed E-state index contributed by atoms with van der Waals surface area (Å²) in [5, 5.41) is 9.57. The smallest absolute Gasteiger partial charge is 0.261 e. The Morgan fingerprint density at radius 1 is 1.04 bits per heavy atom. The highest BCUT2D eigenvalue weighted by Gasteiger charge is 2.13. The maximum atomic E-state index is 12.7. The molecule has 0 saturated heterocycles. The lowest BCUT2D eigenvalue weighted by molar-refractivity contribution is 0.614. The molecule has 1 aromatic carbocycles. The van der Waals surface area contributed by atoms with Gasteiger partial charge in [-0.05, 0) is 49.1 Å². The molecule has 0 saturated carbocycles. The highest BCUT2D eigenvalue weighted by Crippen LogP contribution is 2.16. The summed E-state index contributed by atoms with van der Waals surface area (Å²) in [6.45, 7) is 0.750. The van der Waals surface area contributed by atoms with E-state index < -0.39 is 0 Å². The van der Waals surface area contributed by atoms with E-state index >= 15 is 0 Å². The zero-order valence-corrected chi connectivity index (χ0v) is 14.2. The Balaban J connectivity index is 1.76. The van der Waals surface area contributed by atoms with Crippen LogP contribution in [0.5, 0.6) is 0 Å². The molecule has 2 aromatic heterocycles. The van der Waals surface area contributed by atoms with Crippen molar-refractivity contribution >= 4 is 10.9 Å². The minimum absolute atomic E-state index is 0.0368. The zero-order chi connectivity index (χ0) is 17.9. The number of nitriles is 1. The number of pyridine rings is 1. The van der Waals surface area contributed by atoms with Crippen LogP contribution in [0.2, 0.25) is 0 Å². The van der Waals surface area contributed by atoms with Crippen molar-refractivity contribution < 1.29 is 0 Å². The van der Waals surface area contributed by atoms with E-state index in [1.165, 1.54) is 0 Å². The molecule has 0 unspecified atom stereocenters. The molecule has 0 bridgehead atoms. The van der Waals surface area contributed by atoms with Gasteiger partial charge in [0.05, 0.1) is 22.5 Å². The van der Waals surface area contributed by atoms with Crippen LogP contribution >= 0.6 is 0 Å². The van der Waals surface area contributed by atoms with E-state index in [0.29, 0.717) is 22.2 Å². The number of fused-ring (bicyclic) bond motifs is 2. The number of hydrogen-bond donors (Lipinski definition) is 0. The second kappa shape index (κ2) is 6.82. The Bertz CT molecular complexity index is 1160. The van der Waals surface area contributed by atoms with Crippen molar-refractivity contribution in [3.8, 4) is 17.9 Å². The molecule has 0 N–H and O–H groups in total. The Labute approximate surface area is 151 Å². The van der Waals surface area contributed by atoms with Crippen molar-refractivity contribution in [3.63, 3.8) is 0 Å². The molecule has 4 rings (SSSR count). The van der Waals surface area contributed by atoms with Gasteiger partial charge in [0, 0.05) is 24.7 Å². The van der Waals surface area contributed by atoms with Gasteiger partial charge in [0.25, 0.3) is 5.56 Å². The van der Waals surface area contributed by atoms with E-state index in [-0.39, 0.29) is 5.56 Å². The van der Waals surface area contributed by atoms with Gasteiger partial charge in [0.2, 0.25) is 0 Å². The third kappa shape index (κ3) is 3.08. The average Bonchev–Trinajstić information content (AvgIpc) is 2.92. The highest BCUT2D eigenvalue weighted by atomic mass is 16.1. The van der Waals surface area contributed by atoms with Crippen molar-refractivity contribution in [2.75, 3.05) is 0 Å². The molecule has 0 amide bonds. The monoisotopic (exact) mass is 340 g/mol. The minimum Gasteiger partial charge on any atom is -0.296 e. The van der Waals surface area contributed by atoms with Gasteiger partial charge in [-0.1, -0.05) is 12.3 Å². The predicted octanol–water partition coefficient (Wildman–Crippen LogP) is 2.79. The zero-order valence-electron chi connectivity index (χ0n) is 14.2. The fraction of sp³-hybridized carbons (Fsp3) is 0.238. The standard InChI is InChI=1S/C21H16N4O/c22-14-16-9-10-23-17(12-16)7-5-15-6-8-18-19(13-15)24-20-4-2-1-3-11-25(20)21(18)26/h6,8-10,12-13H,1-4,11H2. The molecular weight excluding hydrogens is 324 g/mol. The third-order valence-corrected chi connectivity index (χ3v) is 4.54. The first-order valence-electron chi connectivity index (χ1n) is 8.66. The lowest BCUT2D eigenvalue weighted by Crippen LogP contribution is -2.24. The fourth-order valence-electron chi connectivity index (χ4n) is 3.20. The van der Waals surface area contributed by atoms with Gasteiger partial charge in [-0.3, -0.25) is 9.36 Å². The maximum absolute atomic E-state index is 12.7. The molecule has 5 heteroatoms. The van der Waals surface area contributed by atoms with Gasteiger partial charge in [-0.15, -0.1) is 0 Å². The van der Waals surface area contributed by atoms with Crippen molar-refractivity contribution in [1.29, 1.82) is 5.26 Å². The normalized spacial score (nSPS) is 13.2. The topological polar surface area (TPSA) is 71.6 Å². The first-order chi connectivity index (χ1) is 12.7. The van der Waals surface area contributed by atoms with Crippen LogP contribution < -0.4 is 5.56 Å². The molecule has 0 aliphatic carbocycles. The van der Waals surface area contributed by atoms with Crippen LogP contribution in [0.25, 0.3) is 10.9 Å². The molecule has 3 heterocycles. The van der Waals surface area contributed by atoms with Crippen LogP contribution in [0.3, 0.4) is 0 Å². The van der Waals surface area contributed by atoms with Gasteiger partial charge in [-0.25, -0.2) is 9.97 Å². The van der Waals surface area contributed by atoms with Crippen molar-refractivity contribution in [3.05, 3.63) is 69.5 Å². The minimum atomic E-state index is 0.0368. The molecule has 0 fully saturated rings. The molecule has 5 nitrogen and oxygen atoms in total. The summed E-state index contributed by atoms with van der Waals surface area (Å²) in [5.41, 5.74) is 2.56. The van der Waals surface area contributed by atoms with Gasteiger partial charge >= 0.3 is 0 Å². The van der Waals surface area contributed by atoms with Crippen molar-refractivity contribution in [1.82, 2.24) is 14.5 Å². The van der Waals surface area contributed by atoms with Gasteiger partial charge < -0.3 is 0 Å². The van der Waals surface area contributed by atoms with Crippen molar-refractivity contribution in [2.24, 2.45) is 0 Å². The largest absolute Gasteiger partial charge is 0.296 e. The van der Waals surface area contributed by atoms with Crippen LogP contribution in [0.15, 0.2) is 41.3 Å². The van der Waals surface area contributed by atoms with Crippen LogP contribution in [-0.2, 0) is 13.0 Å². The quantitative estimate of drug-likeness (QED) is 0.590. The van der Waals surface area contributed by atoms with E-state index in [1.807, 2.05) is 16.7 Å². The summed E-state index contributed by atoms with van der Waals surface area (Å²) in [6, 6.07) is 10.8.